The van der Waals surface area contributed by atoms with Gasteiger partial charge in [0.1, 0.15) is 26.2 Å². The summed E-state index contributed by atoms with van der Waals surface area (Å²) in [6, 6.07) is 0. The van der Waals surface area contributed by atoms with E-state index >= 15 is 0 Å². The van der Waals surface area contributed by atoms with Crippen LogP contribution in [0, 0.1) is 0 Å². The maximum Gasteiger partial charge on any atom is 0.480 e. The molecule has 0 spiro atoms. The van der Waals surface area contributed by atoms with E-state index in [0.29, 0.717) is 0 Å². The Labute approximate surface area is 311 Å². The van der Waals surface area contributed by atoms with Gasteiger partial charge in [0, 0.05) is 13.2 Å². The summed E-state index contributed by atoms with van der Waals surface area (Å²) < 4.78 is 238. The second-order valence-electron chi connectivity index (χ2n) is 11.7. The van der Waals surface area contributed by atoms with Crippen LogP contribution in [-0.2, 0) is 54.3 Å². The van der Waals surface area contributed by atoms with Gasteiger partial charge < -0.3 is 31.4 Å². The number of morpholine rings is 2. The van der Waals surface area contributed by atoms with Crippen molar-refractivity contribution in [3.05, 3.63) is 8.25 Å². The van der Waals surface area contributed by atoms with E-state index in [0.717, 1.165) is 47.9 Å². The summed E-state index contributed by atoms with van der Waals surface area (Å²) in [4.78, 5) is 0. The average molecular weight is 919 g/mol. The molecule has 15 nitrogen and oxygen atoms in total. The number of hydrogen-bond acceptors (Lipinski definition) is 11. The Morgan fingerprint density at radius 2 is 0.709 bits per heavy atom. The zero-order chi connectivity index (χ0) is 43.3. The summed E-state index contributed by atoms with van der Waals surface area (Å²) in [7, 11) is -26.9. The molecule has 0 radical (unpaired) electrons. The van der Waals surface area contributed by atoms with Crippen LogP contribution in [0.4, 0.5) is 52.7 Å². The van der Waals surface area contributed by atoms with Crippen LogP contribution in [0.1, 0.15) is 39.5 Å². The standard InChI is InChI=1S/C20H42N2O3.2C2F6NO4S2/c1-3-21(11-17-24-18-12-21)9-5-7-15-23-16-8-6-10-22(4-2)13-19-25-20-14-22;2*3-1(4,5)14(10,11)9-15(12,13)2(6,7)8/h3-20H2,1-2H3;;/q+2;2*-1. The highest BCUT2D eigenvalue weighted by molar-refractivity contribution is 8.13. The first-order valence-electron chi connectivity index (χ1n) is 15.8. The van der Waals surface area contributed by atoms with Crippen LogP contribution in [0.2, 0.25) is 0 Å². The molecular weight excluding hydrogens is 877 g/mol. The van der Waals surface area contributed by atoms with Gasteiger partial charge in [0.05, 0.1) is 52.6 Å². The molecule has 332 valence electrons. The predicted molar refractivity (Wildman–Crippen MR) is 168 cm³/mol. The molecule has 2 rings (SSSR count). The first-order valence-corrected chi connectivity index (χ1v) is 21.6. The normalized spacial score (nSPS) is 18.7. The summed E-state index contributed by atoms with van der Waals surface area (Å²) in [5, 5.41) is 0. The Kier molecular flexibility index (Phi) is 20.6. The lowest BCUT2D eigenvalue weighted by Gasteiger charge is -2.40. The van der Waals surface area contributed by atoms with Gasteiger partial charge in [-0.3, -0.25) is 0 Å². The number of unbranched alkanes of at least 4 members (excludes halogenated alkanes) is 2. The Bertz CT molecular complexity index is 1390. The number of sulfonamides is 4. The van der Waals surface area contributed by atoms with Crippen LogP contribution in [0.3, 0.4) is 0 Å². The molecule has 2 saturated heterocycles. The van der Waals surface area contributed by atoms with Crippen molar-refractivity contribution in [2.24, 2.45) is 0 Å². The van der Waals surface area contributed by atoms with Gasteiger partial charge >= 0.3 is 22.0 Å². The molecule has 0 bridgehead atoms. The molecule has 0 aliphatic carbocycles. The molecule has 0 unspecified atom stereocenters. The fourth-order valence-corrected chi connectivity index (χ4v) is 8.11. The molecule has 2 aliphatic rings. The van der Waals surface area contributed by atoms with Gasteiger partial charge in [-0.25, -0.2) is 33.7 Å². The van der Waals surface area contributed by atoms with Crippen molar-refractivity contribution in [1.82, 2.24) is 0 Å². The smallest absolute Gasteiger partial charge is 0.421 e. The quantitative estimate of drug-likeness (QED) is 0.121. The highest BCUT2D eigenvalue weighted by atomic mass is 32.3. The third-order valence-electron chi connectivity index (χ3n) is 8.09. The summed E-state index contributed by atoms with van der Waals surface area (Å²) in [5.74, 6) is 0. The van der Waals surface area contributed by atoms with E-state index in [4.69, 9.17) is 14.2 Å². The minimum atomic E-state index is -6.72. The van der Waals surface area contributed by atoms with Crippen LogP contribution in [-0.4, -0.2) is 157 Å². The van der Waals surface area contributed by atoms with Gasteiger partial charge in [0.15, 0.2) is 40.1 Å². The Hall–Kier alpha value is -1.32. The lowest BCUT2D eigenvalue weighted by Crippen LogP contribution is -2.55. The number of ether oxygens (including phenoxy) is 3. The summed E-state index contributed by atoms with van der Waals surface area (Å²) in [5.41, 5.74) is -24.8. The van der Waals surface area contributed by atoms with Crippen LogP contribution in [0.5, 0.6) is 0 Å². The van der Waals surface area contributed by atoms with Crippen molar-refractivity contribution in [3.63, 3.8) is 0 Å². The van der Waals surface area contributed by atoms with Crippen LogP contribution in [0.25, 0.3) is 8.25 Å². The Morgan fingerprint density at radius 3 is 0.909 bits per heavy atom. The van der Waals surface area contributed by atoms with Gasteiger partial charge in [0.25, 0.3) is 0 Å². The minimum absolute atomic E-state index is 0.778. The molecule has 0 aromatic carbocycles. The first-order chi connectivity index (χ1) is 24.7. The third-order valence-corrected chi connectivity index (χ3v) is 13.6. The molecule has 2 heterocycles. The fraction of sp³-hybridized carbons (Fsp3) is 1.00. The SMILES string of the molecule is CC[N+]1(CCCCOCCCC[N+]2(CC)CCOCC2)CCOCC1.O=S(=O)([N-]S(=O)(=O)C(F)(F)F)C(F)(F)F.O=S(=O)([N-]S(=O)(=O)C(F)(F)F)C(F)(F)F. The summed E-state index contributed by atoms with van der Waals surface area (Å²) in [6.45, 7) is 20.1. The van der Waals surface area contributed by atoms with Crippen molar-refractivity contribution in [3.8, 4) is 0 Å². The van der Waals surface area contributed by atoms with E-state index in [1.165, 1.54) is 87.0 Å². The van der Waals surface area contributed by atoms with Crippen LogP contribution >= 0.6 is 0 Å². The number of hydrogen-bond donors (Lipinski definition) is 0. The lowest BCUT2D eigenvalue weighted by molar-refractivity contribution is -0.933. The zero-order valence-electron chi connectivity index (χ0n) is 29.2. The van der Waals surface area contributed by atoms with Gasteiger partial charge in [0.2, 0.25) is 0 Å². The summed E-state index contributed by atoms with van der Waals surface area (Å²) in [6.07, 6.45) is 4.97. The van der Waals surface area contributed by atoms with Gasteiger partial charge in [-0.1, -0.05) is 0 Å². The highest BCUT2D eigenvalue weighted by Gasteiger charge is 2.48. The molecule has 2 aliphatic heterocycles. The largest absolute Gasteiger partial charge is 0.480 e. The molecule has 0 saturated carbocycles. The molecule has 0 aromatic heterocycles. The van der Waals surface area contributed by atoms with E-state index < -0.39 is 62.1 Å². The number of alkyl halides is 12. The van der Waals surface area contributed by atoms with Gasteiger partial charge in [-0.2, -0.15) is 52.7 Å². The monoisotopic (exact) mass is 918 g/mol. The topological polar surface area (TPSA) is 192 Å². The van der Waals surface area contributed by atoms with Crippen molar-refractivity contribution in [2.75, 3.05) is 92.0 Å². The minimum Gasteiger partial charge on any atom is -0.421 e. The zero-order valence-corrected chi connectivity index (χ0v) is 32.4. The van der Waals surface area contributed by atoms with Gasteiger partial charge in [-0.15, -0.1) is 0 Å². The highest BCUT2D eigenvalue weighted by Crippen LogP contribution is 2.37. The molecule has 0 amide bonds. The fourth-order valence-electron chi connectivity index (χ4n) is 4.69. The molecular formula is C24H42F12N4O11S4. The molecule has 0 atom stereocenters. The second-order valence-corrected chi connectivity index (χ2v) is 18.6. The van der Waals surface area contributed by atoms with E-state index in [2.05, 4.69) is 13.8 Å². The number of halogens is 12. The number of quaternary nitrogens is 2. The molecule has 2 fully saturated rings. The maximum absolute atomic E-state index is 11.4. The van der Waals surface area contributed by atoms with Crippen LogP contribution < -0.4 is 0 Å². The molecule has 0 aromatic rings. The average Bonchev–Trinajstić information content (AvgIpc) is 3.02. The molecule has 0 N–H and O–H groups in total. The summed E-state index contributed by atoms with van der Waals surface area (Å²) >= 11 is 0. The van der Waals surface area contributed by atoms with E-state index in [9.17, 15) is 86.4 Å². The number of rotatable bonds is 16. The van der Waals surface area contributed by atoms with Crippen molar-refractivity contribution >= 4 is 40.1 Å². The Morgan fingerprint density at radius 1 is 0.473 bits per heavy atom. The molecule has 31 heteroatoms. The molecule has 55 heavy (non-hydrogen) atoms. The maximum atomic E-state index is 11.4. The van der Waals surface area contributed by atoms with Crippen molar-refractivity contribution < 1.29 is 110 Å². The second kappa shape index (κ2) is 21.1. The van der Waals surface area contributed by atoms with Crippen molar-refractivity contribution in [2.45, 2.75) is 61.6 Å². The Balaban J connectivity index is 0.000000846. The number of nitrogens with zero attached hydrogens (tertiary/aromatic N) is 4. The van der Waals surface area contributed by atoms with E-state index in [1.807, 2.05) is 0 Å². The predicted octanol–water partition coefficient (Wildman–Crippen LogP) is 4.42. The third kappa shape index (κ3) is 18.0. The van der Waals surface area contributed by atoms with E-state index in [-0.39, 0.29) is 0 Å². The lowest BCUT2D eigenvalue weighted by atomic mass is 10.2. The van der Waals surface area contributed by atoms with E-state index in [1.54, 1.807) is 0 Å². The van der Waals surface area contributed by atoms with Gasteiger partial charge in [-0.05, 0) is 39.5 Å². The number of likely N-dealkylation sites (N-methyl/N-ethyl adjacent to an activating group) is 2. The van der Waals surface area contributed by atoms with Crippen molar-refractivity contribution in [1.29, 1.82) is 0 Å². The first kappa shape index (κ1) is 53.7. The van der Waals surface area contributed by atoms with Crippen LogP contribution in [0.15, 0.2) is 0 Å².